The first-order valence-electron chi connectivity index (χ1n) is 11.9. The van der Waals surface area contributed by atoms with Crippen LogP contribution >= 0.6 is 0 Å². The first-order chi connectivity index (χ1) is 17.5. The minimum Gasteiger partial charge on any atom is -0.502 e. The standard InChI is InChI=1S/C27H36O9/c1-4-31-15-7-10-18-34-25(28)22-13-14-23(26(29)35-19-11-8-16-32-5-2)24(21-22)27(30)36-20-12-9-17-33-6-3/h4-6,13-14,21H,1-3,7-12,15-20H2. The summed E-state index contributed by atoms with van der Waals surface area (Å²) in [6, 6.07) is 4.08. The molecule has 36 heavy (non-hydrogen) atoms. The van der Waals surface area contributed by atoms with Crippen LogP contribution < -0.4 is 0 Å². The summed E-state index contributed by atoms with van der Waals surface area (Å²) in [7, 11) is 0. The monoisotopic (exact) mass is 504 g/mol. The highest BCUT2D eigenvalue weighted by molar-refractivity contribution is 6.05. The fraction of sp³-hybridized carbons (Fsp3) is 0.444. The second-order valence-corrected chi connectivity index (χ2v) is 7.40. The number of hydrogen-bond donors (Lipinski definition) is 0. The number of rotatable bonds is 21. The molecule has 0 radical (unpaired) electrons. The average Bonchev–Trinajstić information content (AvgIpc) is 2.89. The van der Waals surface area contributed by atoms with E-state index in [1.54, 1.807) is 0 Å². The Morgan fingerprint density at radius 2 is 0.944 bits per heavy atom. The quantitative estimate of drug-likeness (QED) is 0.0991. The number of carbonyl (C=O) groups is 3. The van der Waals surface area contributed by atoms with Crippen LogP contribution in [0.2, 0.25) is 0 Å². The van der Waals surface area contributed by atoms with Crippen molar-refractivity contribution in [3.63, 3.8) is 0 Å². The summed E-state index contributed by atoms with van der Waals surface area (Å²) in [5.74, 6) is -2.03. The van der Waals surface area contributed by atoms with Gasteiger partial charge in [0.2, 0.25) is 0 Å². The van der Waals surface area contributed by atoms with Gasteiger partial charge in [-0.2, -0.15) is 0 Å². The minimum absolute atomic E-state index is 0.00968. The third kappa shape index (κ3) is 12.6. The van der Waals surface area contributed by atoms with E-state index in [2.05, 4.69) is 19.7 Å². The molecule has 0 fully saturated rings. The molecule has 1 aromatic carbocycles. The van der Waals surface area contributed by atoms with E-state index in [0.717, 1.165) is 0 Å². The molecule has 0 aliphatic heterocycles. The number of ether oxygens (including phenoxy) is 6. The molecule has 0 saturated heterocycles. The van der Waals surface area contributed by atoms with E-state index in [9.17, 15) is 14.4 Å². The molecule has 0 heterocycles. The molecule has 198 valence electrons. The molecule has 1 aromatic rings. The second-order valence-electron chi connectivity index (χ2n) is 7.40. The third-order valence-electron chi connectivity index (χ3n) is 4.72. The molecular weight excluding hydrogens is 468 g/mol. The molecule has 9 nitrogen and oxygen atoms in total. The van der Waals surface area contributed by atoms with E-state index < -0.39 is 17.9 Å². The lowest BCUT2D eigenvalue weighted by molar-refractivity contribution is 0.0442. The number of benzene rings is 1. The van der Waals surface area contributed by atoms with E-state index in [1.165, 1.54) is 37.0 Å². The predicted octanol–water partition coefficient (Wildman–Crippen LogP) is 4.98. The SMILES string of the molecule is C=COCCCCOC(=O)c1ccc(C(=O)OCCCCOC=C)c(C(=O)OCCCCOC=C)c1. The summed E-state index contributed by atoms with van der Waals surface area (Å²) >= 11 is 0. The van der Waals surface area contributed by atoms with Crippen LogP contribution in [-0.2, 0) is 28.4 Å². The van der Waals surface area contributed by atoms with Crippen LogP contribution in [0.5, 0.6) is 0 Å². The van der Waals surface area contributed by atoms with Crippen molar-refractivity contribution in [3.8, 4) is 0 Å². The van der Waals surface area contributed by atoms with Crippen LogP contribution in [0.4, 0.5) is 0 Å². The van der Waals surface area contributed by atoms with Crippen LogP contribution in [0.25, 0.3) is 0 Å². The molecule has 1 rings (SSSR count). The number of carbonyl (C=O) groups excluding carboxylic acids is 3. The van der Waals surface area contributed by atoms with Gasteiger partial charge in [0.15, 0.2) is 0 Å². The van der Waals surface area contributed by atoms with E-state index in [-0.39, 0.29) is 36.5 Å². The van der Waals surface area contributed by atoms with Gasteiger partial charge in [0, 0.05) is 0 Å². The fourth-order valence-corrected chi connectivity index (χ4v) is 2.86. The maximum atomic E-state index is 12.8. The van der Waals surface area contributed by atoms with Gasteiger partial charge in [-0.3, -0.25) is 0 Å². The second kappa shape index (κ2) is 19.5. The lowest BCUT2D eigenvalue weighted by atomic mass is 10.0. The molecule has 0 aliphatic carbocycles. The molecule has 0 spiro atoms. The molecule has 0 atom stereocenters. The van der Waals surface area contributed by atoms with Gasteiger partial charge >= 0.3 is 17.9 Å². The zero-order valence-electron chi connectivity index (χ0n) is 20.7. The van der Waals surface area contributed by atoms with E-state index in [4.69, 9.17) is 28.4 Å². The summed E-state index contributed by atoms with van der Waals surface area (Å²) in [6.45, 7) is 12.2. The van der Waals surface area contributed by atoms with Crippen LogP contribution in [0, 0.1) is 0 Å². The summed E-state index contributed by atoms with van der Waals surface area (Å²) in [5.41, 5.74) is 0.0726. The molecule has 0 aliphatic rings. The van der Waals surface area contributed by atoms with Crippen molar-refractivity contribution in [3.05, 3.63) is 73.4 Å². The fourth-order valence-electron chi connectivity index (χ4n) is 2.86. The molecule has 0 unspecified atom stereocenters. The maximum absolute atomic E-state index is 12.8. The highest BCUT2D eigenvalue weighted by Crippen LogP contribution is 2.17. The molecular formula is C27H36O9. The molecule has 0 N–H and O–H groups in total. The van der Waals surface area contributed by atoms with Gasteiger partial charge in [-0.15, -0.1) is 0 Å². The van der Waals surface area contributed by atoms with Crippen molar-refractivity contribution in [2.24, 2.45) is 0 Å². The van der Waals surface area contributed by atoms with Crippen LogP contribution in [-0.4, -0.2) is 57.5 Å². The summed E-state index contributed by atoms with van der Waals surface area (Å²) < 4.78 is 30.9. The molecule has 0 amide bonds. The number of unbranched alkanes of at least 4 members (excludes halogenated alkanes) is 3. The van der Waals surface area contributed by atoms with Crippen LogP contribution in [0.15, 0.2) is 56.7 Å². The van der Waals surface area contributed by atoms with Gasteiger partial charge in [-0.1, -0.05) is 19.7 Å². The summed E-state index contributed by atoms with van der Waals surface area (Å²) in [6.07, 6.45) is 7.81. The Kier molecular flexibility index (Phi) is 16.4. The molecule has 0 aromatic heterocycles. The summed E-state index contributed by atoms with van der Waals surface area (Å²) in [4.78, 5) is 37.9. The van der Waals surface area contributed by atoms with Gasteiger partial charge in [-0.05, 0) is 56.7 Å². The van der Waals surface area contributed by atoms with Crippen molar-refractivity contribution in [1.29, 1.82) is 0 Å². The van der Waals surface area contributed by atoms with Crippen LogP contribution in [0.1, 0.15) is 69.6 Å². The van der Waals surface area contributed by atoms with Crippen molar-refractivity contribution in [2.45, 2.75) is 38.5 Å². The lowest BCUT2D eigenvalue weighted by Crippen LogP contribution is -2.17. The normalized spacial score (nSPS) is 10.0. The Labute approximate surface area is 212 Å². The molecule has 9 heteroatoms. The van der Waals surface area contributed by atoms with Gasteiger partial charge < -0.3 is 28.4 Å². The minimum atomic E-state index is -0.734. The lowest BCUT2D eigenvalue weighted by Gasteiger charge is -2.12. The predicted molar refractivity (Wildman–Crippen MR) is 133 cm³/mol. The smallest absolute Gasteiger partial charge is 0.339 e. The first kappa shape index (κ1) is 30.3. The Morgan fingerprint density at radius 3 is 1.39 bits per heavy atom. The zero-order valence-corrected chi connectivity index (χ0v) is 20.7. The molecule has 0 bridgehead atoms. The van der Waals surface area contributed by atoms with Gasteiger partial charge in [0.1, 0.15) is 0 Å². The van der Waals surface area contributed by atoms with Gasteiger partial charge in [-0.25, -0.2) is 14.4 Å². The van der Waals surface area contributed by atoms with Crippen molar-refractivity contribution < 1.29 is 42.8 Å². The number of esters is 3. The van der Waals surface area contributed by atoms with Gasteiger partial charge in [0.05, 0.1) is 75.1 Å². The van der Waals surface area contributed by atoms with Crippen LogP contribution in [0.3, 0.4) is 0 Å². The maximum Gasteiger partial charge on any atom is 0.339 e. The Morgan fingerprint density at radius 1 is 0.556 bits per heavy atom. The number of hydrogen-bond acceptors (Lipinski definition) is 9. The van der Waals surface area contributed by atoms with E-state index >= 15 is 0 Å². The topological polar surface area (TPSA) is 107 Å². The largest absolute Gasteiger partial charge is 0.502 e. The van der Waals surface area contributed by atoms with Crippen molar-refractivity contribution >= 4 is 17.9 Å². The first-order valence-corrected chi connectivity index (χ1v) is 11.9. The van der Waals surface area contributed by atoms with Crippen molar-refractivity contribution in [1.82, 2.24) is 0 Å². The Balaban J connectivity index is 2.80. The third-order valence-corrected chi connectivity index (χ3v) is 4.72. The summed E-state index contributed by atoms with van der Waals surface area (Å²) in [5, 5.41) is 0. The van der Waals surface area contributed by atoms with E-state index in [0.29, 0.717) is 58.3 Å². The highest BCUT2D eigenvalue weighted by atomic mass is 16.5. The van der Waals surface area contributed by atoms with E-state index in [1.807, 2.05) is 0 Å². The van der Waals surface area contributed by atoms with Gasteiger partial charge in [0.25, 0.3) is 0 Å². The van der Waals surface area contributed by atoms with Crippen molar-refractivity contribution in [2.75, 3.05) is 39.6 Å². The molecule has 0 saturated carbocycles. The highest BCUT2D eigenvalue weighted by Gasteiger charge is 2.22. The Bertz CT molecular complexity index is 848. The Hall–Kier alpha value is -3.75. The average molecular weight is 505 g/mol. The zero-order chi connectivity index (χ0) is 26.4.